The minimum absolute atomic E-state index is 0.204. The highest BCUT2D eigenvalue weighted by Gasteiger charge is 2.33. The predicted octanol–water partition coefficient (Wildman–Crippen LogP) is 1.67. The molecule has 1 aromatic rings. The number of carboxylic acids is 1. The molecule has 1 aromatic heterocycles. The lowest BCUT2D eigenvalue weighted by atomic mass is 9.82. The van der Waals surface area contributed by atoms with E-state index in [2.05, 4.69) is 10.3 Å². The second kappa shape index (κ2) is 6.32. The number of nitrogens with zero attached hydrogens (tertiary/aromatic N) is 1. The second-order valence-electron chi connectivity index (χ2n) is 5.01. The van der Waals surface area contributed by atoms with Crippen LogP contribution in [0.1, 0.15) is 24.0 Å². The number of rotatable bonds is 4. The van der Waals surface area contributed by atoms with Crippen molar-refractivity contribution >= 4 is 11.9 Å². The van der Waals surface area contributed by atoms with Crippen LogP contribution in [0.5, 0.6) is 0 Å². The molecule has 2 atom stereocenters. The third kappa shape index (κ3) is 3.23. The van der Waals surface area contributed by atoms with E-state index >= 15 is 0 Å². The van der Waals surface area contributed by atoms with Crippen molar-refractivity contribution in [2.45, 2.75) is 26.3 Å². The smallest absolute Gasteiger partial charge is 0.307 e. The Morgan fingerprint density at radius 1 is 1.35 bits per heavy atom. The first-order valence-electron chi connectivity index (χ1n) is 6.64. The second-order valence-corrected chi connectivity index (χ2v) is 5.01. The highest BCUT2D eigenvalue weighted by molar-refractivity contribution is 5.85. The van der Waals surface area contributed by atoms with E-state index in [1.807, 2.05) is 25.1 Å². The maximum absolute atomic E-state index is 12.2. The molecule has 106 valence electrons. The molecule has 1 aliphatic carbocycles. The van der Waals surface area contributed by atoms with E-state index < -0.39 is 17.8 Å². The van der Waals surface area contributed by atoms with Gasteiger partial charge in [0.1, 0.15) is 0 Å². The summed E-state index contributed by atoms with van der Waals surface area (Å²) in [4.78, 5) is 27.4. The molecule has 0 unspecified atom stereocenters. The van der Waals surface area contributed by atoms with Crippen molar-refractivity contribution in [3.63, 3.8) is 0 Å². The zero-order valence-electron chi connectivity index (χ0n) is 11.4. The van der Waals surface area contributed by atoms with E-state index in [-0.39, 0.29) is 5.91 Å². The van der Waals surface area contributed by atoms with Crippen LogP contribution in [0.2, 0.25) is 0 Å². The molecule has 1 aliphatic rings. The third-order valence-corrected chi connectivity index (χ3v) is 3.69. The van der Waals surface area contributed by atoms with Crippen LogP contribution in [0.25, 0.3) is 0 Å². The Bertz CT molecular complexity index is 540. The van der Waals surface area contributed by atoms with E-state index in [9.17, 15) is 9.59 Å². The number of aryl methyl sites for hydroxylation is 1. The van der Waals surface area contributed by atoms with Crippen LogP contribution in [-0.4, -0.2) is 22.0 Å². The van der Waals surface area contributed by atoms with Gasteiger partial charge in [0.05, 0.1) is 11.8 Å². The van der Waals surface area contributed by atoms with Gasteiger partial charge >= 0.3 is 5.97 Å². The monoisotopic (exact) mass is 274 g/mol. The normalized spacial score (nSPS) is 21.4. The zero-order valence-corrected chi connectivity index (χ0v) is 11.4. The molecule has 0 bridgehead atoms. The molecule has 1 heterocycles. The molecule has 0 radical (unpaired) electrons. The molecule has 0 spiro atoms. The van der Waals surface area contributed by atoms with Gasteiger partial charge in [0.15, 0.2) is 0 Å². The summed E-state index contributed by atoms with van der Waals surface area (Å²) in [5.41, 5.74) is 2.00. The van der Waals surface area contributed by atoms with E-state index in [0.717, 1.165) is 11.1 Å². The molecular formula is C15H18N2O3. The number of carbonyl (C=O) groups excluding carboxylic acids is 1. The van der Waals surface area contributed by atoms with Crippen LogP contribution in [0, 0.1) is 18.8 Å². The largest absolute Gasteiger partial charge is 0.481 e. The fourth-order valence-electron chi connectivity index (χ4n) is 2.37. The lowest BCUT2D eigenvalue weighted by molar-refractivity contribution is -0.147. The maximum atomic E-state index is 12.2. The molecule has 5 heteroatoms. The molecule has 0 aromatic carbocycles. The number of hydrogen-bond donors (Lipinski definition) is 2. The first-order chi connectivity index (χ1) is 9.59. The Balaban J connectivity index is 1.99. The first-order valence-corrected chi connectivity index (χ1v) is 6.64. The molecule has 20 heavy (non-hydrogen) atoms. The summed E-state index contributed by atoms with van der Waals surface area (Å²) >= 11 is 0. The van der Waals surface area contributed by atoms with Gasteiger partial charge in [-0.3, -0.25) is 14.6 Å². The highest BCUT2D eigenvalue weighted by Crippen LogP contribution is 2.26. The van der Waals surface area contributed by atoms with Crippen LogP contribution >= 0.6 is 0 Å². The fourth-order valence-corrected chi connectivity index (χ4v) is 2.37. The molecule has 2 rings (SSSR count). The van der Waals surface area contributed by atoms with Crippen LogP contribution in [-0.2, 0) is 16.1 Å². The Morgan fingerprint density at radius 2 is 2.05 bits per heavy atom. The zero-order chi connectivity index (χ0) is 14.5. The molecule has 2 N–H and O–H groups in total. The Morgan fingerprint density at radius 3 is 2.70 bits per heavy atom. The number of hydrogen-bond acceptors (Lipinski definition) is 3. The lowest BCUT2D eigenvalue weighted by Gasteiger charge is -2.24. The van der Waals surface area contributed by atoms with Gasteiger partial charge in [-0.15, -0.1) is 0 Å². The van der Waals surface area contributed by atoms with Crippen LogP contribution in [0.15, 0.2) is 30.6 Å². The summed E-state index contributed by atoms with van der Waals surface area (Å²) in [6, 6.07) is 1.88. The lowest BCUT2D eigenvalue weighted by Crippen LogP contribution is -2.38. The minimum Gasteiger partial charge on any atom is -0.481 e. The van der Waals surface area contributed by atoms with Gasteiger partial charge in [-0.2, -0.15) is 0 Å². The van der Waals surface area contributed by atoms with Crippen molar-refractivity contribution in [2.75, 3.05) is 0 Å². The summed E-state index contributed by atoms with van der Waals surface area (Å²) in [7, 11) is 0. The van der Waals surface area contributed by atoms with Crippen molar-refractivity contribution in [1.29, 1.82) is 0 Å². The molecular weight excluding hydrogens is 256 g/mol. The number of aliphatic carboxylic acids is 1. The van der Waals surface area contributed by atoms with Gasteiger partial charge in [0.25, 0.3) is 0 Å². The Labute approximate surface area is 117 Å². The van der Waals surface area contributed by atoms with Gasteiger partial charge in [-0.25, -0.2) is 0 Å². The van der Waals surface area contributed by atoms with Crippen molar-refractivity contribution in [1.82, 2.24) is 10.3 Å². The first kappa shape index (κ1) is 14.2. The van der Waals surface area contributed by atoms with E-state index in [1.54, 1.807) is 12.4 Å². The summed E-state index contributed by atoms with van der Waals surface area (Å²) in [6.45, 7) is 2.33. The highest BCUT2D eigenvalue weighted by atomic mass is 16.4. The SMILES string of the molecule is Cc1ccncc1CNC(=O)[C@@H]1CC=CC[C@@H]1C(=O)O. The Kier molecular flexibility index (Phi) is 4.50. The van der Waals surface area contributed by atoms with Crippen LogP contribution < -0.4 is 5.32 Å². The molecule has 1 amide bonds. The topological polar surface area (TPSA) is 79.3 Å². The third-order valence-electron chi connectivity index (χ3n) is 3.69. The number of aromatic nitrogens is 1. The van der Waals surface area contributed by atoms with Gasteiger partial charge in [-0.05, 0) is 37.0 Å². The number of allylic oxidation sites excluding steroid dienone is 2. The van der Waals surface area contributed by atoms with Crippen LogP contribution in [0.4, 0.5) is 0 Å². The van der Waals surface area contributed by atoms with E-state index in [0.29, 0.717) is 19.4 Å². The van der Waals surface area contributed by atoms with Crippen molar-refractivity contribution in [2.24, 2.45) is 11.8 Å². The quantitative estimate of drug-likeness (QED) is 0.819. The average molecular weight is 274 g/mol. The molecule has 0 aliphatic heterocycles. The summed E-state index contributed by atoms with van der Waals surface area (Å²) in [5, 5.41) is 12.0. The van der Waals surface area contributed by atoms with Crippen LogP contribution in [0.3, 0.4) is 0 Å². The summed E-state index contributed by atoms with van der Waals surface area (Å²) < 4.78 is 0. The predicted molar refractivity (Wildman–Crippen MR) is 73.8 cm³/mol. The van der Waals surface area contributed by atoms with Gasteiger partial charge in [-0.1, -0.05) is 12.2 Å². The molecule has 5 nitrogen and oxygen atoms in total. The van der Waals surface area contributed by atoms with Gasteiger partial charge < -0.3 is 10.4 Å². The van der Waals surface area contributed by atoms with Crippen molar-refractivity contribution in [3.05, 3.63) is 41.7 Å². The standard InChI is InChI=1S/C15H18N2O3/c1-10-6-7-16-8-11(10)9-17-14(18)12-4-2-3-5-13(12)15(19)20/h2-3,6-8,12-13H,4-5,9H2,1H3,(H,17,18)(H,19,20)/t12-,13+/m1/s1. The number of pyridine rings is 1. The van der Waals surface area contributed by atoms with Gasteiger partial charge in [0, 0.05) is 18.9 Å². The molecule has 0 saturated heterocycles. The number of carbonyl (C=O) groups is 2. The molecule has 0 fully saturated rings. The maximum Gasteiger partial charge on any atom is 0.307 e. The fraction of sp³-hybridized carbons (Fsp3) is 0.400. The number of nitrogens with one attached hydrogen (secondary N) is 1. The van der Waals surface area contributed by atoms with E-state index in [1.165, 1.54) is 0 Å². The average Bonchev–Trinajstić information content (AvgIpc) is 2.46. The number of amides is 1. The van der Waals surface area contributed by atoms with E-state index in [4.69, 9.17) is 5.11 Å². The molecule has 0 saturated carbocycles. The Hall–Kier alpha value is -2.17. The van der Waals surface area contributed by atoms with Crippen molar-refractivity contribution < 1.29 is 14.7 Å². The van der Waals surface area contributed by atoms with Gasteiger partial charge in [0.2, 0.25) is 5.91 Å². The summed E-state index contributed by atoms with van der Waals surface area (Å²) in [6.07, 6.45) is 8.01. The number of carboxylic acid groups (broad SMARTS) is 1. The van der Waals surface area contributed by atoms with Crippen molar-refractivity contribution in [3.8, 4) is 0 Å². The minimum atomic E-state index is -0.910. The summed E-state index contributed by atoms with van der Waals surface area (Å²) in [5.74, 6) is -2.23.